The third-order valence-electron chi connectivity index (χ3n) is 3.33. The van der Waals surface area contributed by atoms with Gasteiger partial charge in [0.05, 0.1) is 12.4 Å². The van der Waals surface area contributed by atoms with Crippen molar-refractivity contribution in [1.29, 1.82) is 0 Å². The van der Waals surface area contributed by atoms with Gasteiger partial charge in [0.25, 0.3) is 0 Å². The van der Waals surface area contributed by atoms with Crippen LogP contribution in [0.2, 0.25) is 5.02 Å². The first-order valence-corrected chi connectivity index (χ1v) is 8.55. The van der Waals surface area contributed by atoms with Crippen molar-refractivity contribution in [1.82, 2.24) is 0 Å². The molecule has 0 amide bonds. The summed E-state index contributed by atoms with van der Waals surface area (Å²) in [7, 11) is 0. The summed E-state index contributed by atoms with van der Waals surface area (Å²) in [6, 6.07) is 11.6. The smallest absolute Gasteiger partial charge is 0.315 e. The molecule has 3 aromatic rings. The van der Waals surface area contributed by atoms with Crippen LogP contribution in [0, 0.1) is 0 Å². The monoisotopic (exact) mass is 334 g/mol. The van der Waals surface area contributed by atoms with E-state index in [-0.39, 0.29) is 5.97 Å². The molecule has 0 unspecified atom stereocenters. The van der Waals surface area contributed by atoms with Gasteiger partial charge in [-0.15, -0.1) is 11.8 Å². The van der Waals surface area contributed by atoms with Gasteiger partial charge in [-0.25, -0.2) is 0 Å². The Hall–Kier alpha value is -1.65. The number of thioether (sulfide) groups is 1. The van der Waals surface area contributed by atoms with E-state index < -0.39 is 0 Å². The van der Waals surface area contributed by atoms with E-state index in [0.717, 1.165) is 33.3 Å². The number of benzene rings is 2. The van der Waals surface area contributed by atoms with E-state index >= 15 is 0 Å². The minimum Gasteiger partial charge on any atom is -0.465 e. The lowest BCUT2D eigenvalue weighted by atomic mass is 10.1. The normalized spacial score (nSPS) is 11.2. The van der Waals surface area contributed by atoms with E-state index in [1.165, 1.54) is 0 Å². The quantitative estimate of drug-likeness (QED) is 0.613. The van der Waals surface area contributed by atoms with Crippen LogP contribution in [0.5, 0.6) is 0 Å². The molecule has 3 rings (SSSR count). The van der Waals surface area contributed by atoms with E-state index in [1.54, 1.807) is 11.8 Å². The highest BCUT2D eigenvalue weighted by atomic mass is 35.5. The van der Waals surface area contributed by atoms with Crippen LogP contribution in [-0.4, -0.2) is 18.3 Å². The maximum atomic E-state index is 11.4. The molecule has 0 N–H and O–H groups in total. The fourth-order valence-electron chi connectivity index (χ4n) is 2.44. The third kappa shape index (κ3) is 3.08. The summed E-state index contributed by atoms with van der Waals surface area (Å²) in [5.41, 5.74) is 2.77. The number of esters is 1. The molecule has 0 atom stereocenters. The summed E-state index contributed by atoms with van der Waals surface area (Å²) in [6.45, 7) is 2.23. The van der Waals surface area contributed by atoms with Gasteiger partial charge in [-0.2, -0.15) is 0 Å². The number of carbonyl (C=O) groups excluding carboxylic acids is 1. The van der Waals surface area contributed by atoms with Crippen molar-refractivity contribution in [3.05, 3.63) is 47.0 Å². The summed E-state index contributed by atoms with van der Waals surface area (Å²) in [4.78, 5) is 11.4. The number of fused-ring (bicyclic) bond motifs is 3. The molecule has 1 aromatic heterocycles. The molecule has 5 heteroatoms. The molecule has 0 aliphatic carbocycles. The number of ether oxygens (including phenoxy) is 1. The van der Waals surface area contributed by atoms with Gasteiger partial charge in [-0.05, 0) is 30.7 Å². The minimum absolute atomic E-state index is 0.177. The van der Waals surface area contributed by atoms with Gasteiger partial charge in [-0.1, -0.05) is 23.7 Å². The largest absolute Gasteiger partial charge is 0.465 e. The molecule has 0 radical (unpaired) electrons. The Bertz CT molecular complexity index is 825. The van der Waals surface area contributed by atoms with Gasteiger partial charge in [0.1, 0.15) is 11.2 Å². The molecule has 0 aliphatic rings. The van der Waals surface area contributed by atoms with Crippen LogP contribution >= 0.6 is 23.4 Å². The van der Waals surface area contributed by atoms with Crippen LogP contribution in [0.15, 0.2) is 40.8 Å². The second kappa shape index (κ2) is 6.63. The third-order valence-corrected chi connectivity index (χ3v) is 4.52. The van der Waals surface area contributed by atoms with E-state index in [2.05, 4.69) is 6.07 Å². The molecule has 0 fully saturated rings. The summed E-state index contributed by atoms with van der Waals surface area (Å²) in [5.74, 6) is 0.905. The van der Waals surface area contributed by atoms with Gasteiger partial charge in [0, 0.05) is 27.6 Å². The molecule has 0 aliphatic heterocycles. The highest BCUT2D eigenvalue weighted by Crippen LogP contribution is 2.34. The Morgan fingerprint density at radius 1 is 1.27 bits per heavy atom. The van der Waals surface area contributed by atoms with Crippen molar-refractivity contribution in [2.75, 3.05) is 12.4 Å². The van der Waals surface area contributed by atoms with Crippen molar-refractivity contribution in [2.24, 2.45) is 0 Å². The average molecular weight is 335 g/mol. The molecular formula is C17H15ClO3S. The number of carbonyl (C=O) groups is 1. The fraction of sp³-hybridized carbons (Fsp3) is 0.235. The number of halogens is 1. The Balaban J connectivity index is 1.89. The maximum Gasteiger partial charge on any atom is 0.315 e. The first-order valence-electron chi connectivity index (χ1n) is 7.02. The Labute approximate surface area is 137 Å². The first-order chi connectivity index (χ1) is 10.7. The van der Waals surface area contributed by atoms with Crippen LogP contribution in [-0.2, 0) is 15.3 Å². The topological polar surface area (TPSA) is 39.4 Å². The predicted molar refractivity (Wildman–Crippen MR) is 91.5 cm³/mol. The fourth-order valence-corrected chi connectivity index (χ4v) is 3.41. The number of hydrogen-bond acceptors (Lipinski definition) is 4. The predicted octanol–water partition coefficient (Wildman–Crippen LogP) is 5.04. The first kappa shape index (κ1) is 15.3. The van der Waals surface area contributed by atoms with Crippen molar-refractivity contribution >= 4 is 51.3 Å². The van der Waals surface area contributed by atoms with Gasteiger partial charge in [0.15, 0.2) is 0 Å². The molecule has 114 valence electrons. The number of rotatable bonds is 5. The summed E-state index contributed by atoms with van der Waals surface area (Å²) in [6.07, 6.45) is 0. The molecule has 3 nitrogen and oxygen atoms in total. The summed E-state index contributed by atoms with van der Waals surface area (Å²) in [5, 5.41) is 2.79. The highest BCUT2D eigenvalue weighted by molar-refractivity contribution is 7.99. The lowest BCUT2D eigenvalue weighted by Crippen LogP contribution is -2.06. The van der Waals surface area contributed by atoms with Crippen LogP contribution in [0.25, 0.3) is 21.9 Å². The van der Waals surface area contributed by atoms with E-state index in [4.69, 9.17) is 20.8 Å². The Kier molecular flexibility index (Phi) is 4.60. The summed E-state index contributed by atoms with van der Waals surface area (Å²) >= 11 is 7.56. The molecule has 0 saturated carbocycles. The van der Waals surface area contributed by atoms with Crippen LogP contribution < -0.4 is 0 Å². The van der Waals surface area contributed by atoms with Gasteiger partial charge >= 0.3 is 5.97 Å². The highest BCUT2D eigenvalue weighted by Gasteiger charge is 2.12. The molecule has 22 heavy (non-hydrogen) atoms. The van der Waals surface area contributed by atoms with Crippen LogP contribution in [0.1, 0.15) is 12.5 Å². The zero-order valence-corrected chi connectivity index (χ0v) is 13.7. The lowest BCUT2D eigenvalue weighted by Gasteiger charge is -2.04. The van der Waals surface area contributed by atoms with E-state index in [1.807, 2.05) is 37.3 Å². The second-order valence-corrected chi connectivity index (χ2v) is 6.25. The molecule has 1 heterocycles. The molecule has 0 bridgehead atoms. The lowest BCUT2D eigenvalue weighted by molar-refractivity contribution is -0.139. The maximum absolute atomic E-state index is 11.4. The SMILES string of the molecule is CCOC(=O)CSCc1cccc2oc3cc(Cl)ccc3c12. The van der Waals surface area contributed by atoms with E-state index in [0.29, 0.717) is 17.4 Å². The number of furan rings is 1. The Morgan fingerprint density at radius 3 is 2.95 bits per heavy atom. The zero-order valence-electron chi connectivity index (χ0n) is 12.1. The van der Waals surface area contributed by atoms with E-state index in [9.17, 15) is 4.79 Å². The van der Waals surface area contributed by atoms with Crippen molar-refractivity contribution in [2.45, 2.75) is 12.7 Å². The molecule has 2 aromatic carbocycles. The molecular weight excluding hydrogens is 320 g/mol. The van der Waals surface area contributed by atoms with Crippen LogP contribution in [0.4, 0.5) is 0 Å². The van der Waals surface area contributed by atoms with Gasteiger partial charge in [0.2, 0.25) is 0 Å². The molecule has 0 spiro atoms. The Morgan fingerprint density at radius 2 is 2.14 bits per heavy atom. The van der Waals surface area contributed by atoms with Crippen molar-refractivity contribution in [3.63, 3.8) is 0 Å². The summed E-state index contributed by atoms with van der Waals surface area (Å²) < 4.78 is 10.8. The number of hydrogen-bond donors (Lipinski definition) is 0. The average Bonchev–Trinajstić information content (AvgIpc) is 2.85. The van der Waals surface area contributed by atoms with Gasteiger partial charge < -0.3 is 9.15 Å². The zero-order chi connectivity index (χ0) is 15.5. The van der Waals surface area contributed by atoms with Crippen molar-refractivity contribution < 1.29 is 13.9 Å². The molecule has 0 saturated heterocycles. The second-order valence-electron chi connectivity index (χ2n) is 4.83. The van der Waals surface area contributed by atoms with Gasteiger partial charge in [-0.3, -0.25) is 4.79 Å². The van der Waals surface area contributed by atoms with Crippen molar-refractivity contribution in [3.8, 4) is 0 Å². The van der Waals surface area contributed by atoms with Crippen LogP contribution in [0.3, 0.4) is 0 Å². The minimum atomic E-state index is -0.177. The standard InChI is InChI=1S/C17H15ClO3S/c1-2-20-16(19)10-22-9-11-4-3-5-14-17(11)13-7-6-12(18)8-15(13)21-14/h3-8H,2,9-10H2,1H3.